The normalized spacial score (nSPS) is 16.9. The van der Waals surface area contributed by atoms with Gasteiger partial charge in [0.2, 0.25) is 5.91 Å². The Bertz CT molecular complexity index is 420. The Balaban J connectivity index is 0.00000162. The molecule has 1 aliphatic carbocycles. The molecule has 0 heterocycles. The van der Waals surface area contributed by atoms with Gasteiger partial charge in [-0.15, -0.1) is 12.4 Å². The molecule has 2 N–H and O–H groups in total. The van der Waals surface area contributed by atoms with Crippen molar-refractivity contribution in [3.05, 3.63) is 34.9 Å². The summed E-state index contributed by atoms with van der Waals surface area (Å²) in [5, 5.41) is 6.10. The topological polar surface area (TPSA) is 41.1 Å². The predicted molar refractivity (Wildman–Crippen MR) is 76.2 cm³/mol. The molecule has 0 saturated carbocycles. The number of amides is 1. The lowest BCUT2D eigenvalue weighted by Crippen LogP contribution is -2.29. The fourth-order valence-electron chi connectivity index (χ4n) is 2.40. The Hall–Kier alpha value is -1.06. The van der Waals surface area contributed by atoms with Gasteiger partial charge in [-0.1, -0.05) is 23.8 Å². The van der Waals surface area contributed by atoms with Gasteiger partial charge in [0.05, 0.1) is 6.04 Å². The van der Waals surface area contributed by atoms with Gasteiger partial charge < -0.3 is 10.6 Å². The molecule has 0 spiro atoms. The first-order valence-electron chi connectivity index (χ1n) is 6.24. The molecule has 2 rings (SSSR count). The standard InChI is InChI=1S/C14H20N2O.ClH/c1-10-3-5-12-11(9-10)4-6-13(12)16-14(17)7-8-15-2;/h3,5,9,13,15H,4,6-8H2,1-2H3,(H,16,17);1H. The molecule has 3 nitrogen and oxygen atoms in total. The number of nitrogens with one attached hydrogen (secondary N) is 2. The Morgan fingerprint density at radius 3 is 2.94 bits per heavy atom. The van der Waals surface area contributed by atoms with E-state index in [-0.39, 0.29) is 24.4 Å². The van der Waals surface area contributed by atoms with Crippen LogP contribution in [0.1, 0.15) is 35.6 Å². The number of rotatable bonds is 4. The van der Waals surface area contributed by atoms with E-state index < -0.39 is 0 Å². The Labute approximate surface area is 115 Å². The van der Waals surface area contributed by atoms with Crippen LogP contribution in [0.5, 0.6) is 0 Å². The molecule has 1 atom stereocenters. The summed E-state index contributed by atoms with van der Waals surface area (Å²) in [6.07, 6.45) is 2.66. The fourth-order valence-corrected chi connectivity index (χ4v) is 2.40. The van der Waals surface area contributed by atoms with Crippen LogP contribution in [-0.4, -0.2) is 19.5 Å². The van der Waals surface area contributed by atoms with Gasteiger partial charge in [-0.25, -0.2) is 0 Å². The van der Waals surface area contributed by atoms with E-state index in [1.807, 2.05) is 7.05 Å². The van der Waals surface area contributed by atoms with E-state index in [0.29, 0.717) is 6.42 Å². The molecular formula is C14H21ClN2O. The Morgan fingerprint density at radius 1 is 1.44 bits per heavy atom. The minimum absolute atomic E-state index is 0. The number of hydrogen-bond acceptors (Lipinski definition) is 2. The van der Waals surface area contributed by atoms with Crippen LogP contribution in [0.15, 0.2) is 18.2 Å². The molecule has 0 bridgehead atoms. The molecule has 18 heavy (non-hydrogen) atoms. The Kier molecular flexibility index (Phi) is 5.63. The summed E-state index contributed by atoms with van der Waals surface area (Å²) in [5.74, 6) is 0.137. The van der Waals surface area contributed by atoms with Gasteiger partial charge in [0.15, 0.2) is 0 Å². The maximum absolute atomic E-state index is 11.7. The van der Waals surface area contributed by atoms with E-state index in [1.54, 1.807) is 0 Å². The highest BCUT2D eigenvalue weighted by Crippen LogP contribution is 2.31. The van der Waals surface area contributed by atoms with E-state index in [4.69, 9.17) is 0 Å². The van der Waals surface area contributed by atoms with Crippen molar-refractivity contribution in [2.75, 3.05) is 13.6 Å². The molecule has 1 amide bonds. The van der Waals surface area contributed by atoms with Crippen molar-refractivity contribution < 1.29 is 4.79 Å². The van der Waals surface area contributed by atoms with Crippen molar-refractivity contribution in [3.8, 4) is 0 Å². The summed E-state index contributed by atoms with van der Waals surface area (Å²) in [6.45, 7) is 2.85. The first-order chi connectivity index (χ1) is 8.20. The van der Waals surface area contributed by atoms with Crippen LogP contribution in [0.3, 0.4) is 0 Å². The van der Waals surface area contributed by atoms with Crippen molar-refractivity contribution in [1.82, 2.24) is 10.6 Å². The highest BCUT2D eigenvalue weighted by molar-refractivity contribution is 5.85. The van der Waals surface area contributed by atoms with Crippen LogP contribution >= 0.6 is 12.4 Å². The third-order valence-corrected chi connectivity index (χ3v) is 3.31. The highest BCUT2D eigenvalue weighted by atomic mass is 35.5. The summed E-state index contributed by atoms with van der Waals surface area (Å²) >= 11 is 0. The first kappa shape index (κ1) is 15.0. The van der Waals surface area contributed by atoms with Crippen LogP contribution in [0.4, 0.5) is 0 Å². The monoisotopic (exact) mass is 268 g/mol. The fraction of sp³-hybridized carbons (Fsp3) is 0.500. The van der Waals surface area contributed by atoms with E-state index in [9.17, 15) is 4.79 Å². The molecule has 1 unspecified atom stereocenters. The molecule has 1 aliphatic rings. The van der Waals surface area contributed by atoms with Crippen molar-refractivity contribution in [1.29, 1.82) is 0 Å². The SMILES string of the molecule is CNCCC(=O)NC1CCc2cc(C)ccc21.Cl. The Morgan fingerprint density at radius 2 is 2.22 bits per heavy atom. The van der Waals surface area contributed by atoms with Crippen molar-refractivity contribution in [2.24, 2.45) is 0 Å². The van der Waals surface area contributed by atoms with Gasteiger partial charge >= 0.3 is 0 Å². The molecule has 4 heteroatoms. The maximum Gasteiger partial charge on any atom is 0.221 e. The summed E-state index contributed by atoms with van der Waals surface area (Å²) in [5.41, 5.74) is 3.99. The first-order valence-corrected chi connectivity index (χ1v) is 6.24. The minimum atomic E-state index is 0. The van der Waals surface area contributed by atoms with E-state index in [1.165, 1.54) is 16.7 Å². The lowest BCUT2D eigenvalue weighted by atomic mass is 10.1. The smallest absolute Gasteiger partial charge is 0.221 e. The van der Waals surface area contributed by atoms with Crippen LogP contribution in [0, 0.1) is 6.92 Å². The lowest BCUT2D eigenvalue weighted by molar-refractivity contribution is -0.121. The zero-order chi connectivity index (χ0) is 12.3. The molecule has 0 saturated heterocycles. The molecule has 0 aromatic heterocycles. The quantitative estimate of drug-likeness (QED) is 0.878. The van der Waals surface area contributed by atoms with E-state index in [0.717, 1.165) is 19.4 Å². The number of carbonyl (C=O) groups is 1. The minimum Gasteiger partial charge on any atom is -0.349 e. The number of halogens is 1. The van der Waals surface area contributed by atoms with Crippen LogP contribution in [-0.2, 0) is 11.2 Å². The second kappa shape index (κ2) is 6.76. The zero-order valence-electron chi connectivity index (χ0n) is 11.0. The number of fused-ring (bicyclic) bond motifs is 1. The van der Waals surface area contributed by atoms with Gasteiger partial charge in [-0.3, -0.25) is 4.79 Å². The zero-order valence-corrected chi connectivity index (χ0v) is 11.8. The predicted octanol–water partition coefficient (Wildman–Crippen LogP) is 2.13. The van der Waals surface area contributed by atoms with Crippen molar-refractivity contribution >= 4 is 18.3 Å². The third-order valence-electron chi connectivity index (χ3n) is 3.31. The van der Waals surface area contributed by atoms with Gasteiger partial charge in [0.25, 0.3) is 0 Å². The highest BCUT2D eigenvalue weighted by Gasteiger charge is 2.23. The van der Waals surface area contributed by atoms with E-state index in [2.05, 4.69) is 35.8 Å². The van der Waals surface area contributed by atoms with Crippen LogP contribution < -0.4 is 10.6 Å². The van der Waals surface area contributed by atoms with E-state index >= 15 is 0 Å². The summed E-state index contributed by atoms with van der Waals surface area (Å²) in [6, 6.07) is 6.72. The number of carbonyl (C=O) groups excluding carboxylic acids is 1. The lowest BCUT2D eigenvalue weighted by Gasteiger charge is -2.14. The second-order valence-electron chi connectivity index (χ2n) is 4.71. The third kappa shape index (κ3) is 3.47. The van der Waals surface area contributed by atoms with Crippen molar-refractivity contribution in [3.63, 3.8) is 0 Å². The van der Waals surface area contributed by atoms with Crippen molar-refractivity contribution in [2.45, 2.75) is 32.2 Å². The number of aryl methyl sites for hydroxylation is 2. The summed E-state index contributed by atoms with van der Waals surface area (Å²) in [7, 11) is 1.86. The molecule has 1 aromatic rings. The summed E-state index contributed by atoms with van der Waals surface area (Å²) in [4.78, 5) is 11.7. The van der Waals surface area contributed by atoms with Gasteiger partial charge in [-0.2, -0.15) is 0 Å². The van der Waals surface area contributed by atoms with Crippen LogP contribution in [0.25, 0.3) is 0 Å². The molecule has 0 aliphatic heterocycles. The van der Waals surface area contributed by atoms with Gasteiger partial charge in [0, 0.05) is 13.0 Å². The maximum atomic E-state index is 11.7. The van der Waals surface area contributed by atoms with Gasteiger partial charge in [-0.05, 0) is 37.9 Å². The summed E-state index contributed by atoms with van der Waals surface area (Å²) < 4.78 is 0. The molecule has 100 valence electrons. The molecular weight excluding hydrogens is 248 g/mol. The number of benzene rings is 1. The largest absolute Gasteiger partial charge is 0.349 e. The average molecular weight is 269 g/mol. The van der Waals surface area contributed by atoms with Crippen LogP contribution in [0.2, 0.25) is 0 Å². The molecule has 0 fully saturated rings. The average Bonchev–Trinajstić information content (AvgIpc) is 2.69. The van der Waals surface area contributed by atoms with Gasteiger partial charge in [0.1, 0.15) is 0 Å². The molecule has 0 radical (unpaired) electrons. The molecule has 1 aromatic carbocycles. The second-order valence-corrected chi connectivity index (χ2v) is 4.71. The number of hydrogen-bond donors (Lipinski definition) is 2.